The molecule has 2 aromatic rings. The molecule has 1 aliphatic rings. The molecule has 4 nitrogen and oxygen atoms in total. The number of benzene rings is 1. The molecule has 0 saturated carbocycles. The number of rotatable bonds is 2. The Hall–Kier alpha value is -2.10. The smallest absolute Gasteiger partial charge is 0.232 e. The molecule has 1 aromatic carbocycles. The number of anilines is 1. The van der Waals surface area contributed by atoms with Gasteiger partial charge < -0.3 is 5.32 Å². The van der Waals surface area contributed by atoms with Gasteiger partial charge in [-0.1, -0.05) is 24.3 Å². The van der Waals surface area contributed by atoms with Crippen molar-refractivity contribution < 1.29 is 4.79 Å². The number of aryl methyl sites for hydroxylation is 3. The first-order valence-corrected chi connectivity index (χ1v) is 7.47. The highest BCUT2D eigenvalue weighted by molar-refractivity contribution is 5.97. The van der Waals surface area contributed by atoms with Crippen LogP contribution in [0.1, 0.15) is 41.3 Å². The fourth-order valence-corrected chi connectivity index (χ4v) is 3.19. The number of nitrogens with one attached hydrogen (secondary N) is 1. The average Bonchev–Trinajstić information content (AvgIpc) is 2.73. The van der Waals surface area contributed by atoms with Crippen molar-refractivity contribution >= 4 is 11.6 Å². The van der Waals surface area contributed by atoms with Crippen molar-refractivity contribution in [3.05, 3.63) is 46.8 Å². The van der Waals surface area contributed by atoms with Crippen LogP contribution in [0.5, 0.6) is 0 Å². The number of hydrogen-bond acceptors (Lipinski definition) is 2. The van der Waals surface area contributed by atoms with Crippen molar-refractivity contribution in [2.75, 3.05) is 5.32 Å². The Morgan fingerprint density at radius 2 is 2.10 bits per heavy atom. The maximum atomic E-state index is 12.7. The van der Waals surface area contributed by atoms with Crippen LogP contribution in [0.4, 0.5) is 5.69 Å². The van der Waals surface area contributed by atoms with E-state index in [1.54, 1.807) is 4.68 Å². The third-order valence-corrected chi connectivity index (χ3v) is 4.44. The molecule has 1 N–H and O–H groups in total. The molecule has 4 heteroatoms. The monoisotopic (exact) mass is 283 g/mol. The Labute approximate surface area is 125 Å². The lowest BCUT2D eigenvalue weighted by Gasteiger charge is -2.24. The van der Waals surface area contributed by atoms with Gasteiger partial charge in [0.2, 0.25) is 5.91 Å². The predicted molar refractivity (Wildman–Crippen MR) is 83.4 cm³/mol. The van der Waals surface area contributed by atoms with E-state index in [0.29, 0.717) is 0 Å². The molecule has 1 atom stereocenters. The van der Waals surface area contributed by atoms with Gasteiger partial charge >= 0.3 is 0 Å². The lowest BCUT2D eigenvalue weighted by molar-refractivity contribution is -0.117. The molecule has 0 bridgehead atoms. The van der Waals surface area contributed by atoms with Gasteiger partial charge in [0.15, 0.2) is 0 Å². The summed E-state index contributed by atoms with van der Waals surface area (Å²) in [7, 11) is 1.90. The minimum atomic E-state index is -0.0473. The number of nitrogens with zero attached hydrogens (tertiary/aromatic N) is 2. The maximum absolute atomic E-state index is 12.7. The van der Waals surface area contributed by atoms with Crippen molar-refractivity contribution in [3.8, 4) is 0 Å². The largest absolute Gasteiger partial charge is 0.322 e. The second-order valence-corrected chi connectivity index (χ2v) is 5.80. The summed E-state index contributed by atoms with van der Waals surface area (Å²) in [6, 6.07) is 8.29. The molecule has 1 aliphatic carbocycles. The summed E-state index contributed by atoms with van der Waals surface area (Å²) in [5.74, 6) is 0.0373. The molecule has 110 valence electrons. The van der Waals surface area contributed by atoms with E-state index in [0.717, 1.165) is 36.3 Å². The Kier molecular flexibility index (Phi) is 3.53. The highest BCUT2D eigenvalue weighted by atomic mass is 16.1. The summed E-state index contributed by atoms with van der Waals surface area (Å²) < 4.78 is 1.81. The van der Waals surface area contributed by atoms with Crippen LogP contribution in [-0.2, 0) is 18.3 Å². The SMILES string of the molecule is Cc1nn(C)c(C)c1NC(=O)C1CCCc2ccccc21. The number of hydrogen-bond donors (Lipinski definition) is 1. The summed E-state index contributed by atoms with van der Waals surface area (Å²) in [6.07, 6.45) is 3.06. The summed E-state index contributed by atoms with van der Waals surface area (Å²) in [5.41, 5.74) is 5.20. The van der Waals surface area contributed by atoms with Crippen molar-refractivity contribution in [1.82, 2.24) is 9.78 Å². The second-order valence-electron chi connectivity index (χ2n) is 5.80. The Morgan fingerprint density at radius 3 is 2.81 bits per heavy atom. The van der Waals surface area contributed by atoms with E-state index >= 15 is 0 Å². The summed E-state index contributed by atoms with van der Waals surface area (Å²) in [6.45, 7) is 3.90. The molecule has 21 heavy (non-hydrogen) atoms. The van der Waals surface area contributed by atoms with Gasteiger partial charge in [-0.15, -0.1) is 0 Å². The topological polar surface area (TPSA) is 46.9 Å². The fraction of sp³-hybridized carbons (Fsp3) is 0.412. The van der Waals surface area contributed by atoms with Crippen LogP contribution in [0.2, 0.25) is 0 Å². The minimum Gasteiger partial charge on any atom is -0.322 e. The van der Waals surface area contributed by atoms with E-state index in [-0.39, 0.29) is 11.8 Å². The van der Waals surface area contributed by atoms with Crippen LogP contribution in [0.3, 0.4) is 0 Å². The highest BCUT2D eigenvalue weighted by Gasteiger charge is 2.27. The van der Waals surface area contributed by atoms with Crippen molar-refractivity contribution in [3.63, 3.8) is 0 Å². The summed E-state index contributed by atoms with van der Waals surface area (Å²) >= 11 is 0. The normalized spacial score (nSPS) is 17.4. The highest BCUT2D eigenvalue weighted by Crippen LogP contribution is 2.33. The second kappa shape index (κ2) is 5.35. The molecule has 1 unspecified atom stereocenters. The van der Waals surface area contributed by atoms with Gasteiger partial charge in [-0.05, 0) is 44.2 Å². The van der Waals surface area contributed by atoms with E-state index in [4.69, 9.17) is 0 Å². The lowest BCUT2D eigenvalue weighted by Crippen LogP contribution is -2.25. The van der Waals surface area contributed by atoms with Crippen LogP contribution in [-0.4, -0.2) is 15.7 Å². The van der Waals surface area contributed by atoms with E-state index in [1.807, 2.05) is 27.0 Å². The van der Waals surface area contributed by atoms with Gasteiger partial charge in [0.1, 0.15) is 0 Å². The number of carbonyl (C=O) groups excluding carboxylic acids is 1. The van der Waals surface area contributed by atoms with Crippen LogP contribution < -0.4 is 5.32 Å². The zero-order chi connectivity index (χ0) is 15.0. The number of amides is 1. The maximum Gasteiger partial charge on any atom is 0.232 e. The molecule has 0 spiro atoms. The lowest BCUT2D eigenvalue weighted by atomic mass is 9.82. The first-order valence-electron chi connectivity index (χ1n) is 7.47. The molecular weight excluding hydrogens is 262 g/mol. The van der Waals surface area contributed by atoms with E-state index < -0.39 is 0 Å². The van der Waals surface area contributed by atoms with Crippen molar-refractivity contribution in [1.29, 1.82) is 0 Å². The van der Waals surface area contributed by atoms with Gasteiger partial charge in [0.25, 0.3) is 0 Å². The third-order valence-electron chi connectivity index (χ3n) is 4.44. The summed E-state index contributed by atoms with van der Waals surface area (Å²) in [5, 5.41) is 7.44. The molecule has 0 saturated heterocycles. The molecule has 1 heterocycles. The van der Waals surface area contributed by atoms with E-state index in [1.165, 1.54) is 11.1 Å². The van der Waals surface area contributed by atoms with Crippen LogP contribution in [0, 0.1) is 13.8 Å². The number of carbonyl (C=O) groups is 1. The Morgan fingerprint density at radius 1 is 1.33 bits per heavy atom. The Bertz CT molecular complexity index is 687. The van der Waals surface area contributed by atoms with E-state index in [2.05, 4.69) is 28.6 Å². The standard InChI is InChI=1S/C17H21N3O/c1-11-16(12(2)20(3)19-11)18-17(21)15-10-6-8-13-7-4-5-9-14(13)15/h4-5,7,9,15H,6,8,10H2,1-3H3,(H,18,21). The molecular formula is C17H21N3O. The van der Waals surface area contributed by atoms with E-state index in [9.17, 15) is 4.79 Å². The number of fused-ring (bicyclic) bond motifs is 1. The zero-order valence-electron chi connectivity index (χ0n) is 12.8. The molecule has 0 aliphatic heterocycles. The molecule has 3 rings (SSSR count). The minimum absolute atomic E-state index is 0.0473. The number of aromatic nitrogens is 2. The summed E-state index contributed by atoms with van der Waals surface area (Å²) in [4.78, 5) is 12.7. The van der Waals surface area contributed by atoms with Crippen LogP contribution >= 0.6 is 0 Å². The fourth-order valence-electron chi connectivity index (χ4n) is 3.19. The Balaban J connectivity index is 1.87. The molecule has 1 aromatic heterocycles. The first kappa shape index (κ1) is 13.9. The quantitative estimate of drug-likeness (QED) is 0.920. The molecule has 1 amide bonds. The van der Waals surface area contributed by atoms with Crippen molar-refractivity contribution in [2.45, 2.75) is 39.0 Å². The van der Waals surface area contributed by atoms with Gasteiger partial charge in [-0.2, -0.15) is 5.10 Å². The van der Waals surface area contributed by atoms with Gasteiger partial charge in [-0.25, -0.2) is 0 Å². The molecule has 0 radical (unpaired) electrons. The first-order chi connectivity index (χ1) is 10.1. The van der Waals surface area contributed by atoms with Crippen LogP contribution in [0.15, 0.2) is 24.3 Å². The van der Waals surface area contributed by atoms with Gasteiger partial charge in [0.05, 0.1) is 23.0 Å². The third kappa shape index (κ3) is 2.46. The predicted octanol–water partition coefficient (Wildman–Crippen LogP) is 3.10. The van der Waals surface area contributed by atoms with Gasteiger partial charge in [-0.3, -0.25) is 9.48 Å². The van der Waals surface area contributed by atoms with Gasteiger partial charge in [0, 0.05) is 7.05 Å². The van der Waals surface area contributed by atoms with Crippen LogP contribution in [0.25, 0.3) is 0 Å². The average molecular weight is 283 g/mol. The zero-order valence-corrected chi connectivity index (χ0v) is 12.8. The van der Waals surface area contributed by atoms with Crippen molar-refractivity contribution in [2.24, 2.45) is 7.05 Å². The molecule has 0 fully saturated rings.